The second kappa shape index (κ2) is 6.02. The first-order valence-corrected chi connectivity index (χ1v) is 9.00. The van der Waals surface area contributed by atoms with Crippen LogP contribution in [0.3, 0.4) is 0 Å². The summed E-state index contributed by atoms with van der Waals surface area (Å²) in [4.78, 5) is 9.10. The van der Waals surface area contributed by atoms with Crippen molar-refractivity contribution < 1.29 is 0 Å². The number of anilines is 1. The van der Waals surface area contributed by atoms with Crippen molar-refractivity contribution >= 4 is 16.5 Å². The molecule has 0 aliphatic heterocycles. The quantitative estimate of drug-likeness (QED) is 0.865. The number of aromatic nitrogens is 1. The van der Waals surface area contributed by atoms with E-state index in [0.717, 1.165) is 19.1 Å². The normalized spacial score (nSPS) is 22.1. The van der Waals surface area contributed by atoms with E-state index in [9.17, 15) is 0 Å². The van der Waals surface area contributed by atoms with Gasteiger partial charge >= 0.3 is 0 Å². The highest BCUT2D eigenvalue weighted by Crippen LogP contribution is 2.41. The van der Waals surface area contributed by atoms with Crippen molar-refractivity contribution in [1.29, 1.82) is 0 Å². The largest absolute Gasteiger partial charge is 0.345 e. The molecule has 20 heavy (non-hydrogen) atoms. The molecule has 1 heterocycles. The van der Waals surface area contributed by atoms with Gasteiger partial charge in [-0.25, -0.2) is 4.98 Å². The topological polar surface area (TPSA) is 28.2 Å². The van der Waals surface area contributed by atoms with Crippen molar-refractivity contribution in [2.45, 2.75) is 65.0 Å². The minimum Gasteiger partial charge on any atom is -0.345 e. The summed E-state index contributed by atoms with van der Waals surface area (Å²) >= 11 is 1.95. The predicted octanol–water partition coefficient (Wildman–Crippen LogP) is 3.75. The molecule has 2 aliphatic rings. The first-order chi connectivity index (χ1) is 9.69. The van der Waals surface area contributed by atoms with Crippen LogP contribution in [0.1, 0.15) is 63.1 Å². The highest BCUT2D eigenvalue weighted by Gasteiger charge is 2.33. The lowest BCUT2D eigenvalue weighted by molar-refractivity contribution is 0.476. The summed E-state index contributed by atoms with van der Waals surface area (Å²) in [5.41, 5.74) is 1.37. The summed E-state index contributed by atoms with van der Waals surface area (Å²) < 4.78 is 0. The summed E-state index contributed by atoms with van der Waals surface area (Å²) in [6, 6.07) is 1.32. The highest BCUT2D eigenvalue weighted by atomic mass is 32.1. The minimum atomic E-state index is 0.551. The van der Waals surface area contributed by atoms with E-state index in [0.29, 0.717) is 12.0 Å². The van der Waals surface area contributed by atoms with Gasteiger partial charge in [0.2, 0.25) is 0 Å². The van der Waals surface area contributed by atoms with Crippen LogP contribution < -0.4 is 10.2 Å². The van der Waals surface area contributed by atoms with Crippen molar-refractivity contribution in [3.63, 3.8) is 0 Å². The molecule has 1 N–H and O–H groups in total. The van der Waals surface area contributed by atoms with Gasteiger partial charge in [0, 0.05) is 23.5 Å². The van der Waals surface area contributed by atoms with Gasteiger partial charge < -0.3 is 10.2 Å². The molecule has 4 heteroatoms. The van der Waals surface area contributed by atoms with Crippen LogP contribution in [0.15, 0.2) is 0 Å². The van der Waals surface area contributed by atoms with Gasteiger partial charge in [-0.3, -0.25) is 0 Å². The Balaban J connectivity index is 1.83. The van der Waals surface area contributed by atoms with Gasteiger partial charge in [-0.2, -0.15) is 0 Å². The second-order valence-electron chi connectivity index (χ2n) is 6.59. The van der Waals surface area contributed by atoms with Crippen LogP contribution >= 0.6 is 11.3 Å². The van der Waals surface area contributed by atoms with E-state index in [1.54, 1.807) is 0 Å². The third-order valence-corrected chi connectivity index (χ3v) is 5.43. The Morgan fingerprint density at radius 3 is 2.80 bits per heavy atom. The molecule has 3 rings (SSSR count). The standard InChI is InChI=1S/C16H27N3S/c1-4-17-13-6-5-7-14-15(13)20-16(18-14)19(10-11(2)3)12-8-9-12/h11-13,17H,4-10H2,1-3H3. The Morgan fingerprint density at radius 2 is 2.15 bits per heavy atom. The number of nitrogens with zero attached hydrogens (tertiary/aromatic N) is 2. The first-order valence-electron chi connectivity index (χ1n) is 8.18. The van der Waals surface area contributed by atoms with Crippen molar-refractivity contribution in [3.05, 3.63) is 10.6 Å². The van der Waals surface area contributed by atoms with Gasteiger partial charge in [0.05, 0.1) is 5.69 Å². The number of hydrogen-bond donors (Lipinski definition) is 1. The van der Waals surface area contributed by atoms with Gasteiger partial charge in [-0.1, -0.05) is 32.1 Å². The van der Waals surface area contributed by atoms with Gasteiger partial charge in [0.15, 0.2) is 5.13 Å². The van der Waals surface area contributed by atoms with Crippen molar-refractivity contribution in [3.8, 4) is 0 Å². The Labute approximate surface area is 126 Å². The van der Waals surface area contributed by atoms with E-state index in [4.69, 9.17) is 4.98 Å². The molecule has 1 fully saturated rings. The number of rotatable bonds is 6. The zero-order chi connectivity index (χ0) is 14.1. The molecule has 0 saturated heterocycles. The summed E-state index contributed by atoms with van der Waals surface area (Å²) in [7, 11) is 0. The molecular weight excluding hydrogens is 266 g/mol. The van der Waals surface area contributed by atoms with E-state index in [1.165, 1.54) is 47.8 Å². The van der Waals surface area contributed by atoms with Gasteiger partial charge in [-0.15, -0.1) is 0 Å². The molecular formula is C16H27N3S. The summed E-state index contributed by atoms with van der Waals surface area (Å²) in [5.74, 6) is 0.709. The Hall–Kier alpha value is -0.610. The Bertz CT molecular complexity index is 451. The smallest absolute Gasteiger partial charge is 0.186 e. The molecule has 3 nitrogen and oxygen atoms in total. The van der Waals surface area contributed by atoms with Crippen LogP contribution in [-0.2, 0) is 6.42 Å². The van der Waals surface area contributed by atoms with Gasteiger partial charge in [0.25, 0.3) is 0 Å². The van der Waals surface area contributed by atoms with Gasteiger partial charge in [-0.05, 0) is 44.6 Å². The fraction of sp³-hybridized carbons (Fsp3) is 0.812. The average Bonchev–Trinajstić information content (AvgIpc) is 3.15. The summed E-state index contributed by atoms with van der Waals surface area (Å²) in [6.45, 7) is 9.03. The highest BCUT2D eigenvalue weighted by molar-refractivity contribution is 7.15. The van der Waals surface area contributed by atoms with E-state index >= 15 is 0 Å². The molecule has 1 aromatic rings. The Morgan fingerprint density at radius 1 is 1.35 bits per heavy atom. The van der Waals surface area contributed by atoms with Crippen LogP contribution in [-0.4, -0.2) is 24.1 Å². The molecule has 2 aliphatic carbocycles. The molecule has 0 spiro atoms. The fourth-order valence-corrected chi connectivity index (χ4v) is 4.44. The number of nitrogens with one attached hydrogen (secondary N) is 1. The van der Waals surface area contributed by atoms with E-state index in [2.05, 4.69) is 31.0 Å². The van der Waals surface area contributed by atoms with E-state index in [1.807, 2.05) is 11.3 Å². The van der Waals surface area contributed by atoms with Crippen molar-refractivity contribution in [2.75, 3.05) is 18.0 Å². The maximum atomic E-state index is 5.00. The maximum Gasteiger partial charge on any atom is 0.186 e. The van der Waals surface area contributed by atoms with Crippen molar-refractivity contribution in [1.82, 2.24) is 10.3 Å². The lowest BCUT2D eigenvalue weighted by Gasteiger charge is -2.23. The zero-order valence-electron chi connectivity index (χ0n) is 13.0. The third kappa shape index (κ3) is 3.01. The third-order valence-electron chi connectivity index (χ3n) is 4.18. The van der Waals surface area contributed by atoms with Crippen LogP contribution in [0.5, 0.6) is 0 Å². The monoisotopic (exact) mass is 293 g/mol. The van der Waals surface area contributed by atoms with Crippen molar-refractivity contribution in [2.24, 2.45) is 5.92 Å². The molecule has 1 aromatic heterocycles. The van der Waals surface area contributed by atoms with E-state index in [-0.39, 0.29) is 0 Å². The average molecular weight is 293 g/mol. The summed E-state index contributed by atoms with van der Waals surface area (Å²) in [6.07, 6.45) is 6.44. The molecule has 0 aromatic carbocycles. The van der Waals surface area contributed by atoms with Crippen LogP contribution in [0, 0.1) is 5.92 Å². The molecule has 1 unspecified atom stereocenters. The maximum absolute atomic E-state index is 5.00. The second-order valence-corrected chi connectivity index (χ2v) is 7.60. The van der Waals surface area contributed by atoms with Crippen LogP contribution in [0.2, 0.25) is 0 Å². The number of aryl methyl sites for hydroxylation is 1. The number of fused-ring (bicyclic) bond motifs is 1. The van der Waals surface area contributed by atoms with Crippen LogP contribution in [0.4, 0.5) is 5.13 Å². The molecule has 0 radical (unpaired) electrons. The first kappa shape index (κ1) is 14.3. The molecule has 0 bridgehead atoms. The fourth-order valence-electron chi connectivity index (χ4n) is 3.13. The molecule has 1 atom stereocenters. The Kier molecular flexibility index (Phi) is 4.32. The number of hydrogen-bond acceptors (Lipinski definition) is 4. The molecule has 112 valence electrons. The molecule has 0 amide bonds. The van der Waals surface area contributed by atoms with E-state index < -0.39 is 0 Å². The lowest BCUT2D eigenvalue weighted by atomic mass is 9.98. The SMILES string of the molecule is CCNC1CCCc2nc(N(CC(C)C)C3CC3)sc21. The molecule has 1 saturated carbocycles. The summed E-state index contributed by atoms with van der Waals surface area (Å²) in [5, 5.41) is 4.92. The zero-order valence-corrected chi connectivity index (χ0v) is 13.8. The lowest BCUT2D eigenvalue weighted by Crippen LogP contribution is -2.29. The van der Waals surface area contributed by atoms with Gasteiger partial charge in [0.1, 0.15) is 0 Å². The van der Waals surface area contributed by atoms with Crippen LogP contribution in [0.25, 0.3) is 0 Å². The predicted molar refractivity (Wildman–Crippen MR) is 86.7 cm³/mol. The number of thiazole rings is 1. The minimum absolute atomic E-state index is 0.551.